The molecule has 2 heterocycles. The van der Waals surface area contributed by atoms with Gasteiger partial charge < -0.3 is 24.7 Å². The van der Waals surface area contributed by atoms with Crippen LogP contribution >= 0.6 is 0 Å². The molecule has 8 heteroatoms. The molecule has 1 aliphatic carbocycles. The Morgan fingerprint density at radius 2 is 2.12 bits per heavy atom. The number of aliphatic hydroxyl groups is 2. The zero-order chi connectivity index (χ0) is 23.4. The molecule has 0 bridgehead atoms. The van der Waals surface area contributed by atoms with Crippen molar-refractivity contribution in [3.8, 4) is 17.7 Å². The average Bonchev–Trinajstić information content (AvgIpc) is 3.58. The predicted octanol–water partition coefficient (Wildman–Crippen LogP) is 1.29. The van der Waals surface area contributed by atoms with Gasteiger partial charge in [0.1, 0.15) is 17.8 Å². The quantitative estimate of drug-likeness (QED) is 0.643. The van der Waals surface area contributed by atoms with Crippen molar-refractivity contribution in [1.82, 2.24) is 14.8 Å². The van der Waals surface area contributed by atoms with Crippen LogP contribution in [0.15, 0.2) is 12.3 Å². The van der Waals surface area contributed by atoms with Gasteiger partial charge in [0.05, 0.1) is 19.2 Å². The molecule has 1 fully saturated rings. The predicted molar refractivity (Wildman–Crippen MR) is 119 cm³/mol. The lowest BCUT2D eigenvalue weighted by atomic mass is 9.99. The highest BCUT2D eigenvalue weighted by molar-refractivity contribution is 5.97. The van der Waals surface area contributed by atoms with Crippen LogP contribution in [0.1, 0.15) is 56.0 Å². The standard InChI is InChI=1S/C24H33N3O5/c1-15-12-27(16(2)14-28)24(31)20-9-19(6-5-17(3)29)11-25-23(20)32-21(15)13-26(4)22(30)10-18-7-8-18/h9,11,15-18,21,28-29H,7-8,10,12-14H2,1-4H3/t15-,16-,17+,21+/m1/s1. The van der Waals surface area contributed by atoms with Gasteiger partial charge in [0.2, 0.25) is 11.8 Å². The zero-order valence-corrected chi connectivity index (χ0v) is 19.2. The summed E-state index contributed by atoms with van der Waals surface area (Å²) in [6.07, 6.45) is 3.12. The molecule has 0 spiro atoms. The van der Waals surface area contributed by atoms with E-state index in [1.165, 1.54) is 6.20 Å². The number of rotatable bonds is 6. The van der Waals surface area contributed by atoms with E-state index < -0.39 is 12.1 Å². The first kappa shape index (κ1) is 24.0. The maximum atomic E-state index is 13.3. The van der Waals surface area contributed by atoms with Crippen LogP contribution in [0.25, 0.3) is 0 Å². The third-order valence-corrected chi connectivity index (χ3v) is 5.99. The summed E-state index contributed by atoms with van der Waals surface area (Å²) >= 11 is 0. The Bertz CT molecular complexity index is 903. The van der Waals surface area contributed by atoms with Crippen molar-refractivity contribution >= 4 is 11.8 Å². The summed E-state index contributed by atoms with van der Waals surface area (Å²) < 4.78 is 6.19. The van der Waals surface area contributed by atoms with Gasteiger partial charge in [-0.2, -0.15) is 0 Å². The first-order chi connectivity index (χ1) is 15.2. The number of pyridine rings is 1. The number of hydrogen-bond donors (Lipinski definition) is 2. The van der Waals surface area contributed by atoms with Crippen LogP contribution in [0.4, 0.5) is 0 Å². The minimum Gasteiger partial charge on any atom is -0.472 e. The van der Waals surface area contributed by atoms with Gasteiger partial charge in [0.25, 0.3) is 5.91 Å². The summed E-state index contributed by atoms with van der Waals surface area (Å²) in [5.41, 5.74) is 0.742. The Kier molecular flexibility index (Phi) is 7.75. The van der Waals surface area contributed by atoms with Gasteiger partial charge in [-0.05, 0) is 38.7 Å². The third kappa shape index (κ3) is 5.99. The highest BCUT2D eigenvalue weighted by Crippen LogP contribution is 2.33. The Hall–Kier alpha value is -2.63. The molecule has 4 atom stereocenters. The molecular weight excluding hydrogens is 410 g/mol. The van der Waals surface area contributed by atoms with E-state index in [1.807, 2.05) is 6.92 Å². The number of carbonyl (C=O) groups excluding carboxylic acids is 2. The van der Waals surface area contributed by atoms with E-state index in [0.29, 0.717) is 31.0 Å². The minimum absolute atomic E-state index is 0.0891. The van der Waals surface area contributed by atoms with Crippen molar-refractivity contribution in [3.63, 3.8) is 0 Å². The molecule has 2 aliphatic rings. The monoisotopic (exact) mass is 443 g/mol. The molecule has 3 rings (SSSR count). The van der Waals surface area contributed by atoms with Crippen LogP contribution in [-0.4, -0.2) is 81.8 Å². The summed E-state index contributed by atoms with van der Waals surface area (Å²) in [6.45, 7) is 5.90. The molecule has 0 aromatic carbocycles. The highest BCUT2D eigenvalue weighted by atomic mass is 16.5. The van der Waals surface area contributed by atoms with Crippen LogP contribution in [0.3, 0.4) is 0 Å². The Labute approximate surface area is 189 Å². The lowest BCUT2D eigenvalue weighted by Gasteiger charge is -2.37. The third-order valence-electron chi connectivity index (χ3n) is 5.99. The second-order valence-electron chi connectivity index (χ2n) is 9.07. The van der Waals surface area contributed by atoms with Gasteiger partial charge in [-0.25, -0.2) is 4.98 Å². The molecule has 2 amide bonds. The molecule has 174 valence electrons. The normalized spacial score (nSPS) is 22.4. The summed E-state index contributed by atoms with van der Waals surface area (Å²) in [7, 11) is 1.78. The first-order valence-electron chi connectivity index (χ1n) is 11.2. The van der Waals surface area contributed by atoms with E-state index >= 15 is 0 Å². The van der Waals surface area contributed by atoms with Crippen LogP contribution in [0, 0.1) is 23.7 Å². The second kappa shape index (κ2) is 10.3. The number of aromatic nitrogens is 1. The summed E-state index contributed by atoms with van der Waals surface area (Å²) in [6, 6.07) is 1.21. The fourth-order valence-electron chi connectivity index (χ4n) is 3.67. The fourth-order valence-corrected chi connectivity index (χ4v) is 3.67. The topological polar surface area (TPSA) is 103 Å². The molecule has 0 radical (unpaired) electrons. The number of ether oxygens (including phenoxy) is 1. The average molecular weight is 444 g/mol. The maximum Gasteiger partial charge on any atom is 0.259 e. The van der Waals surface area contributed by atoms with Crippen LogP contribution < -0.4 is 4.74 Å². The van der Waals surface area contributed by atoms with Crippen LogP contribution in [0.2, 0.25) is 0 Å². The highest BCUT2D eigenvalue weighted by Gasteiger charge is 2.35. The van der Waals surface area contributed by atoms with E-state index in [-0.39, 0.29) is 41.9 Å². The van der Waals surface area contributed by atoms with Gasteiger partial charge in [-0.1, -0.05) is 18.8 Å². The molecule has 1 aromatic rings. The van der Waals surface area contributed by atoms with E-state index in [4.69, 9.17) is 4.74 Å². The number of aliphatic hydroxyl groups excluding tert-OH is 2. The summed E-state index contributed by atoms with van der Waals surface area (Å²) in [5.74, 6) is 5.86. The summed E-state index contributed by atoms with van der Waals surface area (Å²) in [5, 5.41) is 19.2. The van der Waals surface area contributed by atoms with Gasteiger partial charge >= 0.3 is 0 Å². The number of hydrogen-bond acceptors (Lipinski definition) is 6. The molecule has 32 heavy (non-hydrogen) atoms. The number of fused-ring (bicyclic) bond motifs is 1. The van der Waals surface area contributed by atoms with Gasteiger partial charge in [0, 0.05) is 37.7 Å². The number of likely N-dealkylation sites (N-methyl/N-ethyl adjacent to an activating group) is 1. The molecule has 0 unspecified atom stereocenters. The van der Waals surface area contributed by atoms with Gasteiger partial charge in [0.15, 0.2) is 0 Å². The number of carbonyl (C=O) groups is 2. The molecule has 1 saturated carbocycles. The Morgan fingerprint density at radius 3 is 2.75 bits per heavy atom. The van der Waals surface area contributed by atoms with Crippen LogP contribution in [0.5, 0.6) is 5.88 Å². The SMILES string of the molecule is C[C@H](O)C#Cc1cnc2c(c1)C(=O)N([C@H](C)CO)C[C@@H](C)[C@H](CN(C)C(=O)CC1CC1)O2. The van der Waals surface area contributed by atoms with Crippen molar-refractivity contribution in [1.29, 1.82) is 0 Å². The van der Waals surface area contributed by atoms with Crippen molar-refractivity contribution in [2.24, 2.45) is 11.8 Å². The van der Waals surface area contributed by atoms with Crippen LogP contribution in [-0.2, 0) is 4.79 Å². The lowest BCUT2D eigenvalue weighted by Crippen LogP contribution is -2.50. The van der Waals surface area contributed by atoms with Crippen molar-refractivity contribution in [2.45, 2.75) is 58.3 Å². The minimum atomic E-state index is -0.802. The maximum absolute atomic E-state index is 13.3. The molecule has 0 saturated heterocycles. The zero-order valence-electron chi connectivity index (χ0n) is 19.2. The Morgan fingerprint density at radius 1 is 1.41 bits per heavy atom. The van der Waals surface area contributed by atoms with E-state index in [1.54, 1.807) is 36.8 Å². The van der Waals surface area contributed by atoms with E-state index in [9.17, 15) is 19.8 Å². The molecule has 8 nitrogen and oxygen atoms in total. The number of nitrogens with zero attached hydrogens (tertiary/aromatic N) is 3. The summed E-state index contributed by atoms with van der Waals surface area (Å²) in [4.78, 5) is 33.5. The van der Waals surface area contributed by atoms with Gasteiger partial charge in [-0.15, -0.1) is 0 Å². The first-order valence-corrected chi connectivity index (χ1v) is 11.2. The smallest absolute Gasteiger partial charge is 0.259 e. The fraction of sp³-hybridized carbons (Fsp3) is 0.625. The molecular formula is C24H33N3O5. The van der Waals surface area contributed by atoms with Crippen molar-refractivity contribution in [3.05, 3.63) is 23.4 Å². The van der Waals surface area contributed by atoms with Gasteiger partial charge in [-0.3, -0.25) is 9.59 Å². The molecule has 2 N–H and O–H groups in total. The lowest BCUT2D eigenvalue weighted by molar-refractivity contribution is -0.131. The molecule has 1 aliphatic heterocycles. The number of amides is 2. The van der Waals surface area contributed by atoms with E-state index in [2.05, 4.69) is 16.8 Å². The second-order valence-corrected chi connectivity index (χ2v) is 9.07. The Balaban J connectivity index is 1.91. The molecule has 1 aromatic heterocycles. The van der Waals surface area contributed by atoms with E-state index in [0.717, 1.165) is 12.8 Å². The largest absolute Gasteiger partial charge is 0.472 e. The van der Waals surface area contributed by atoms with Crippen molar-refractivity contribution in [2.75, 3.05) is 26.7 Å². The van der Waals surface area contributed by atoms with Crippen molar-refractivity contribution < 1.29 is 24.5 Å².